The van der Waals surface area contributed by atoms with Crippen LogP contribution in [0.25, 0.3) is 0 Å². The molecule has 0 radical (unpaired) electrons. The van der Waals surface area contributed by atoms with Gasteiger partial charge in [0.15, 0.2) is 0 Å². The molecule has 74 valence electrons. The lowest BCUT2D eigenvalue weighted by Gasteiger charge is -2.21. The van der Waals surface area contributed by atoms with Gasteiger partial charge in [0.05, 0.1) is 0 Å². The Kier molecular flexibility index (Phi) is 2.15. The summed E-state index contributed by atoms with van der Waals surface area (Å²) >= 11 is 0. The minimum Gasteiger partial charge on any atom is -0.399 e. The van der Waals surface area contributed by atoms with Gasteiger partial charge < -0.3 is 10.6 Å². The summed E-state index contributed by atoms with van der Waals surface area (Å²) in [5.74, 6) is 0.197. The molecule has 3 nitrogen and oxygen atoms in total. The van der Waals surface area contributed by atoms with Crippen LogP contribution in [0.5, 0.6) is 0 Å². The van der Waals surface area contributed by atoms with E-state index >= 15 is 0 Å². The number of carbonyl (C=O) groups is 1. The number of amides is 1. The summed E-state index contributed by atoms with van der Waals surface area (Å²) in [5.41, 5.74) is 7.30. The number of nitrogens with zero attached hydrogens (tertiary/aromatic N) is 1. The molecule has 1 saturated heterocycles. The first kappa shape index (κ1) is 9.06. The van der Waals surface area contributed by atoms with Gasteiger partial charge in [-0.2, -0.15) is 0 Å². The second kappa shape index (κ2) is 3.33. The van der Waals surface area contributed by atoms with Gasteiger partial charge >= 0.3 is 0 Å². The van der Waals surface area contributed by atoms with Crippen molar-refractivity contribution in [3.8, 4) is 0 Å². The maximum absolute atomic E-state index is 11.6. The minimum atomic E-state index is 0.197. The van der Waals surface area contributed by atoms with Gasteiger partial charge in [-0.3, -0.25) is 4.79 Å². The van der Waals surface area contributed by atoms with Crippen molar-refractivity contribution >= 4 is 17.3 Å². The van der Waals surface area contributed by atoms with E-state index in [9.17, 15) is 4.79 Å². The summed E-state index contributed by atoms with van der Waals surface area (Å²) in [4.78, 5) is 13.4. The Hall–Kier alpha value is -1.51. The van der Waals surface area contributed by atoms with Crippen LogP contribution < -0.4 is 10.6 Å². The molecule has 1 heterocycles. The third-order valence-electron chi connectivity index (χ3n) is 2.63. The molecule has 0 spiro atoms. The molecule has 2 rings (SSSR count). The lowest BCUT2D eigenvalue weighted by atomic mass is 10.2. The smallest absolute Gasteiger partial charge is 0.227 e. The van der Waals surface area contributed by atoms with Crippen LogP contribution >= 0.6 is 0 Å². The van der Waals surface area contributed by atoms with E-state index in [1.165, 1.54) is 0 Å². The summed E-state index contributed by atoms with van der Waals surface area (Å²) in [6.45, 7) is 2.06. The van der Waals surface area contributed by atoms with Gasteiger partial charge in [0.25, 0.3) is 0 Å². The molecule has 1 atom stereocenters. The number of nitrogen functional groups attached to an aromatic ring is 1. The normalized spacial score (nSPS) is 21.6. The fourth-order valence-electron chi connectivity index (χ4n) is 1.90. The van der Waals surface area contributed by atoms with Gasteiger partial charge in [-0.05, 0) is 31.5 Å². The first-order valence-corrected chi connectivity index (χ1v) is 4.86. The number of rotatable bonds is 1. The molecule has 1 aromatic carbocycles. The summed E-state index contributed by atoms with van der Waals surface area (Å²) in [6, 6.07) is 7.78. The highest BCUT2D eigenvalue weighted by molar-refractivity contribution is 5.96. The van der Waals surface area contributed by atoms with Gasteiger partial charge in [-0.1, -0.05) is 6.07 Å². The van der Waals surface area contributed by atoms with Gasteiger partial charge in [0.2, 0.25) is 5.91 Å². The SMILES string of the molecule is C[C@H]1CCC(=O)N1c1cccc(N)c1. The first-order chi connectivity index (χ1) is 6.68. The molecule has 14 heavy (non-hydrogen) atoms. The van der Waals surface area contributed by atoms with Gasteiger partial charge in [-0.15, -0.1) is 0 Å². The van der Waals surface area contributed by atoms with Crippen LogP contribution in [0.2, 0.25) is 0 Å². The summed E-state index contributed by atoms with van der Waals surface area (Å²) in [7, 11) is 0. The van der Waals surface area contributed by atoms with E-state index in [0.29, 0.717) is 18.2 Å². The first-order valence-electron chi connectivity index (χ1n) is 4.86. The number of carbonyl (C=O) groups excluding carboxylic acids is 1. The van der Waals surface area contributed by atoms with Crippen LogP contribution in [0.4, 0.5) is 11.4 Å². The monoisotopic (exact) mass is 190 g/mol. The van der Waals surface area contributed by atoms with Crippen LogP contribution in [0, 0.1) is 0 Å². The number of benzene rings is 1. The van der Waals surface area contributed by atoms with Crippen LogP contribution in [0.15, 0.2) is 24.3 Å². The van der Waals surface area contributed by atoms with Crippen molar-refractivity contribution in [1.29, 1.82) is 0 Å². The standard InChI is InChI=1S/C11H14N2O/c1-8-5-6-11(14)13(8)10-4-2-3-9(12)7-10/h2-4,7-8H,5-6,12H2,1H3/t8-/m0/s1. The van der Waals surface area contributed by atoms with E-state index in [0.717, 1.165) is 12.1 Å². The Morgan fingerprint density at radius 3 is 2.86 bits per heavy atom. The Labute approximate surface area is 83.5 Å². The zero-order valence-electron chi connectivity index (χ0n) is 8.23. The molecule has 0 aliphatic carbocycles. The van der Waals surface area contributed by atoms with Crippen LogP contribution in [-0.4, -0.2) is 11.9 Å². The minimum absolute atomic E-state index is 0.197. The molecular weight excluding hydrogens is 176 g/mol. The van der Waals surface area contributed by atoms with E-state index in [1.54, 1.807) is 0 Å². The average molecular weight is 190 g/mol. The maximum atomic E-state index is 11.6. The largest absolute Gasteiger partial charge is 0.399 e. The zero-order valence-corrected chi connectivity index (χ0v) is 8.23. The van der Waals surface area contributed by atoms with Crippen molar-refractivity contribution in [3.63, 3.8) is 0 Å². The summed E-state index contributed by atoms with van der Waals surface area (Å²) < 4.78 is 0. The van der Waals surface area contributed by atoms with Crippen LogP contribution in [-0.2, 0) is 4.79 Å². The van der Waals surface area contributed by atoms with E-state index in [-0.39, 0.29) is 5.91 Å². The highest BCUT2D eigenvalue weighted by Gasteiger charge is 2.28. The highest BCUT2D eigenvalue weighted by Crippen LogP contribution is 2.27. The lowest BCUT2D eigenvalue weighted by molar-refractivity contribution is -0.117. The zero-order chi connectivity index (χ0) is 10.1. The fourth-order valence-corrected chi connectivity index (χ4v) is 1.90. The molecule has 1 aliphatic rings. The van der Waals surface area contributed by atoms with Crippen LogP contribution in [0.1, 0.15) is 19.8 Å². The highest BCUT2D eigenvalue weighted by atomic mass is 16.2. The molecule has 3 heteroatoms. The quantitative estimate of drug-likeness (QED) is 0.686. The Balaban J connectivity index is 2.34. The number of hydrogen-bond donors (Lipinski definition) is 1. The molecule has 0 bridgehead atoms. The van der Waals surface area contributed by atoms with Gasteiger partial charge in [0, 0.05) is 23.8 Å². The van der Waals surface area contributed by atoms with Crippen molar-refractivity contribution in [3.05, 3.63) is 24.3 Å². The number of nitrogens with two attached hydrogens (primary N) is 1. The molecular formula is C11H14N2O. The molecule has 1 amide bonds. The molecule has 0 aromatic heterocycles. The van der Waals surface area contributed by atoms with E-state index in [4.69, 9.17) is 5.73 Å². The average Bonchev–Trinajstić information content (AvgIpc) is 2.46. The van der Waals surface area contributed by atoms with Crippen molar-refractivity contribution < 1.29 is 4.79 Å². The van der Waals surface area contributed by atoms with Gasteiger partial charge in [0.1, 0.15) is 0 Å². The fraction of sp³-hybridized carbons (Fsp3) is 0.364. The molecule has 1 aromatic rings. The van der Waals surface area contributed by atoms with Crippen molar-refractivity contribution in [2.24, 2.45) is 0 Å². The third kappa shape index (κ3) is 1.45. The Morgan fingerprint density at radius 1 is 1.50 bits per heavy atom. The summed E-state index contributed by atoms with van der Waals surface area (Å²) in [6.07, 6.45) is 1.59. The predicted molar refractivity (Wildman–Crippen MR) is 57.0 cm³/mol. The predicted octanol–water partition coefficient (Wildman–Crippen LogP) is 1.78. The topological polar surface area (TPSA) is 46.3 Å². The van der Waals surface area contributed by atoms with Crippen molar-refractivity contribution in [2.75, 3.05) is 10.6 Å². The molecule has 1 fully saturated rings. The second-order valence-electron chi connectivity index (χ2n) is 3.75. The Morgan fingerprint density at radius 2 is 2.29 bits per heavy atom. The van der Waals surface area contributed by atoms with E-state index in [2.05, 4.69) is 6.92 Å². The molecule has 0 saturated carbocycles. The second-order valence-corrected chi connectivity index (χ2v) is 3.75. The van der Waals surface area contributed by atoms with E-state index < -0.39 is 0 Å². The van der Waals surface area contributed by atoms with E-state index in [1.807, 2.05) is 29.2 Å². The molecule has 0 unspecified atom stereocenters. The lowest BCUT2D eigenvalue weighted by Crippen LogP contribution is -2.30. The van der Waals surface area contributed by atoms with Crippen molar-refractivity contribution in [2.45, 2.75) is 25.8 Å². The maximum Gasteiger partial charge on any atom is 0.227 e. The Bertz CT molecular complexity index is 362. The molecule has 2 N–H and O–H groups in total. The third-order valence-corrected chi connectivity index (χ3v) is 2.63. The van der Waals surface area contributed by atoms with Crippen molar-refractivity contribution in [1.82, 2.24) is 0 Å². The molecule has 1 aliphatic heterocycles. The number of anilines is 2. The summed E-state index contributed by atoms with van der Waals surface area (Å²) in [5, 5.41) is 0. The van der Waals surface area contributed by atoms with Crippen LogP contribution in [0.3, 0.4) is 0 Å². The van der Waals surface area contributed by atoms with Gasteiger partial charge in [-0.25, -0.2) is 0 Å². The number of hydrogen-bond acceptors (Lipinski definition) is 2.